The number of amides is 2. The molecule has 18 heavy (non-hydrogen) atoms. The first-order chi connectivity index (χ1) is 8.75. The number of hydrogen-bond acceptors (Lipinski definition) is 3. The van der Waals surface area contributed by atoms with Gasteiger partial charge >= 0.3 is 0 Å². The minimum Gasteiger partial charge on any atom is -0.396 e. The molecule has 1 aliphatic heterocycles. The zero-order valence-electron chi connectivity index (χ0n) is 11.2. The summed E-state index contributed by atoms with van der Waals surface area (Å²) in [6.07, 6.45) is 9.30. The third-order valence-electron chi connectivity index (χ3n) is 3.42. The molecule has 4 nitrogen and oxygen atoms in total. The van der Waals surface area contributed by atoms with Crippen LogP contribution in [0.15, 0.2) is 0 Å². The molecule has 0 aromatic rings. The molecule has 1 aliphatic rings. The van der Waals surface area contributed by atoms with Crippen molar-refractivity contribution in [2.24, 2.45) is 0 Å². The van der Waals surface area contributed by atoms with Crippen LogP contribution in [-0.2, 0) is 9.59 Å². The Morgan fingerprint density at radius 2 is 1.33 bits per heavy atom. The second-order valence-corrected chi connectivity index (χ2v) is 4.99. The predicted molar refractivity (Wildman–Crippen MR) is 70.0 cm³/mol. The van der Waals surface area contributed by atoms with Crippen LogP contribution in [0.25, 0.3) is 0 Å². The van der Waals surface area contributed by atoms with Crippen molar-refractivity contribution in [1.82, 2.24) is 4.90 Å². The van der Waals surface area contributed by atoms with Gasteiger partial charge in [0.15, 0.2) is 0 Å². The van der Waals surface area contributed by atoms with Crippen molar-refractivity contribution in [3.05, 3.63) is 0 Å². The quantitative estimate of drug-likeness (QED) is 0.508. The van der Waals surface area contributed by atoms with Crippen molar-refractivity contribution in [2.75, 3.05) is 13.2 Å². The fourth-order valence-electron chi connectivity index (χ4n) is 2.31. The molecule has 0 unspecified atom stereocenters. The molecular formula is C14H25NO3. The summed E-state index contributed by atoms with van der Waals surface area (Å²) >= 11 is 0. The number of likely N-dealkylation sites (tertiary alicyclic amines) is 1. The Kier molecular flexibility index (Phi) is 7.65. The Morgan fingerprint density at radius 1 is 0.833 bits per heavy atom. The number of piperidine rings is 1. The largest absolute Gasteiger partial charge is 0.396 e. The summed E-state index contributed by atoms with van der Waals surface area (Å²) in [6, 6.07) is 0. The lowest BCUT2D eigenvalue weighted by Crippen LogP contribution is -2.40. The highest BCUT2D eigenvalue weighted by Crippen LogP contribution is 2.14. The molecule has 0 aliphatic carbocycles. The van der Waals surface area contributed by atoms with Gasteiger partial charge in [0.25, 0.3) is 0 Å². The second kappa shape index (κ2) is 9.09. The maximum Gasteiger partial charge on any atom is 0.229 e. The summed E-state index contributed by atoms with van der Waals surface area (Å²) < 4.78 is 0. The van der Waals surface area contributed by atoms with E-state index in [1.807, 2.05) is 0 Å². The molecule has 0 radical (unpaired) electrons. The van der Waals surface area contributed by atoms with Crippen molar-refractivity contribution >= 4 is 11.8 Å². The molecule has 2 amide bonds. The van der Waals surface area contributed by atoms with Gasteiger partial charge in [-0.05, 0) is 19.3 Å². The lowest BCUT2D eigenvalue weighted by atomic mass is 10.1. The minimum atomic E-state index is 0.00851. The molecule has 0 saturated carbocycles. The number of nitrogens with zero attached hydrogens (tertiary/aromatic N) is 1. The van der Waals surface area contributed by atoms with Gasteiger partial charge in [-0.25, -0.2) is 0 Å². The number of hydrogen-bond donors (Lipinski definition) is 1. The summed E-state index contributed by atoms with van der Waals surface area (Å²) in [5, 5.41) is 8.63. The third-order valence-corrected chi connectivity index (χ3v) is 3.42. The Hall–Kier alpha value is -0.900. The fourth-order valence-corrected chi connectivity index (χ4v) is 2.31. The van der Waals surface area contributed by atoms with Gasteiger partial charge in [-0.3, -0.25) is 14.5 Å². The second-order valence-electron chi connectivity index (χ2n) is 4.99. The molecule has 0 aromatic carbocycles. The van der Waals surface area contributed by atoms with Gasteiger partial charge in [0, 0.05) is 26.0 Å². The van der Waals surface area contributed by atoms with E-state index in [1.54, 1.807) is 0 Å². The van der Waals surface area contributed by atoms with E-state index < -0.39 is 0 Å². The molecule has 0 atom stereocenters. The Morgan fingerprint density at radius 3 is 1.89 bits per heavy atom. The molecule has 1 rings (SSSR count). The number of imide groups is 1. The first kappa shape index (κ1) is 15.2. The van der Waals surface area contributed by atoms with Gasteiger partial charge in [0.2, 0.25) is 11.8 Å². The number of carbonyl (C=O) groups is 2. The third kappa shape index (κ3) is 5.63. The maximum absolute atomic E-state index is 11.5. The van der Waals surface area contributed by atoms with Gasteiger partial charge in [0.1, 0.15) is 0 Å². The molecule has 0 bridgehead atoms. The van der Waals surface area contributed by atoms with Crippen LogP contribution in [0, 0.1) is 0 Å². The summed E-state index contributed by atoms with van der Waals surface area (Å²) in [4.78, 5) is 24.5. The Labute approximate surface area is 109 Å². The molecule has 0 spiro atoms. The highest BCUT2D eigenvalue weighted by molar-refractivity contribution is 5.97. The Bertz CT molecular complexity index is 250. The minimum absolute atomic E-state index is 0.00851. The van der Waals surface area contributed by atoms with Crippen LogP contribution in [-0.4, -0.2) is 35.0 Å². The van der Waals surface area contributed by atoms with E-state index in [1.165, 1.54) is 17.7 Å². The predicted octanol–water partition coefficient (Wildman–Crippen LogP) is 2.25. The summed E-state index contributed by atoms with van der Waals surface area (Å²) in [7, 11) is 0. The van der Waals surface area contributed by atoms with Crippen LogP contribution in [0.5, 0.6) is 0 Å². The highest BCUT2D eigenvalue weighted by atomic mass is 16.3. The molecule has 1 fully saturated rings. The van der Waals surface area contributed by atoms with E-state index in [0.717, 1.165) is 38.5 Å². The molecule has 1 N–H and O–H groups in total. The summed E-state index contributed by atoms with van der Waals surface area (Å²) in [5.74, 6) is 0.0170. The molecular weight excluding hydrogens is 230 g/mol. The smallest absolute Gasteiger partial charge is 0.229 e. The normalized spacial score (nSPS) is 16.4. The van der Waals surface area contributed by atoms with E-state index >= 15 is 0 Å². The van der Waals surface area contributed by atoms with Crippen molar-refractivity contribution in [1.29, 1.82) is 0 Å². The number of unbranched alkanes of at least 4 members (excludes halogenated alkanes) is 6. The number of aliphatic hydroxyl groups is 1. The average molecular weight is 255 g/mol. The Balaban J connectivity index is 2.00. The summed E-state index contributed by atoms with van der Waals surface area (Å²) in [5.41, 5.74) is 0. The topological polar surface area (TPSA) is 57.6 Å². The first-order valence-electron chi connectivity index (χ1n) is 7.20. The number of carbonyl (C=O) groups excluding carboxylic acids is 2. The molecule has 104 valence electrons. The fraction of sp³-hybridized carbons (Fsp3) is 0.857. The monoisotopic (exact) mass is 255 g/mol. The van der Waals surface area contributed by atoms with E-state index in [0.29, 0.717) is 26.0 Å². The van der Waals surface area contributed by atoms with Gasteiger partial charge < -0.3 is 5.11 Å². The summed E-state index contributed by atoms with van der Waals surface area (Å²) in [6.45, 7) is 0.896. The van der Waals surface area contributed by atoms with Gasteiger partial charge in [-0.15, -0.1) is 0 Å². The zero-order valence-corrected chi connectivity index (χ0v) is 11.2. The van der Waals surface area contributed by atoms with Crippen LogP contribution in [0.4, 0.5) is 0 Å². The zero-order chi connectivity index (χ0) is 13.2. The molecule has 0 aromatic heterocycles. The van der Waals surface area contributed by atoms with Crippen LogP contribution < -0.4 is 0 Å². The maximum atomic E-state index is 11.5. The SMILES string of the molecule is O=C1CCCC(=O)N1CCCCCCCCCO. The van der Waals surface area contributed by atoms with Gasteiger partial charge in [-0.1, -0.05) is 32.1 Å². The van der Waals surface area contributed by atoms with Crippen LogP contribution in [0.1, 0.15) is 64.2 Å². The van der Waals surface area contributed by atoms with Crippen LogP contribution in [0.3, 0.4) is 0 Å². The average Bonchev–Trinajstić information content (AvgIpc) is 2.35. The van der Waals surface area contributed by atoms with Gasteiger partial charge in [-0.2, -0.15) is 0 Å². The van der Waals surface area contributed by atoms with E-state index in [4.69, 9.17) is 5.11 Å². The van der Waals surface area contributed by atoms with Crippen LogP contribution in [0.2, 0.25) is 0 Å². The van der Waals surface area contributed by atoms with Crippen molar-refractivity contribution < 1.29 is 14.7 Å². The van der Waals surface area contributed by atoms with E-state index in [9.17, 15) is 9.59 Å². The highest BCUT2D eigenvalue weighted by Gasteiger charge is 2.24. The van der Waals surface area contributed by atoms with Crippen molar-refractivity contribution in [2.45, 2.75) is 64.2 Å². The molecule has 4 heteroatoms. The van der Waals surface area contributed by atoms with Gasteiger partial charge in [0.05, 0.1) is 0 Å². The first-order valence-corrected chi connectivity index (χ1v) is 7.20. The molecule has 1 heterocycles. The molecule has 1 saturated heterocycles. The standard InChI is InChI=1S/C14H25NO3/c16-12-7-5-3-1-2-4-6-11-15-13(17)9-8-10-14(15)18/h16H,1-12H2. The van der Waals surface area contributed by atoms with Crippen LogP contribution >= 0.6 is 0 Å². The number of aliphatic hydroxyl groups excluding tert-OH is 1. The number of rotatable bonds is 9. The van der Waals surface area contributed by atoms with Crippen molar-refractivity contribution in [3.63, 3.8) is 0 Å². The lowest BCUT2D eigenvalue weighted by molar-refractivity contribution is -0.147. The van der Waals surface area contributed by atoms with E-state index in [2.05, 4.69) is 0 Å². The van der Waals surface area contributed by atoms with Crippen molar-refractivity contribution in [3.8, 4) is 0 Å². The lowest BCUT2D eigenvalue weighted by Gasteiger charge is -2.24. The van der Waals surface area contributed by atoms with E-state index in [-0.39, 0.29) is 11.8 Å².